The van der Waals surface area contributed by atoms with Crippen molar-refractivity contribution in [2.75, 3.05) is 0 Å². The molecule has 3 aromatic carbocycles. The van der Waals surface area contributed by atoms with Gasteiger partial charge in [-0.3, -0.25) is 0 Å². The van der Waals surface area contributed by atoms with Gasteiger partial charge >= 0.3 is 0 Å². The summed E-state index contributed by atoms with van der Waals surface area (Å²) < 4.78 is 29.8. The zero-order valence-corrected chi connectivity index (χ0v) is 15.5. The largest absolute Gasteiger partial charge is 0.288 e. The van der Waals surface area contributed by atoms with Crippen LogP contribution in [0.2, 0.25) is 0 Å². The fraction of sp³-hybridized carbons (Fsp3) is 0.100. The normalized spacial score (nSPS) is 12.8. The monoisotopic (exact) mass is 369 g/mol. The third-order valence-electron chi connectivity index (χ3n) is 3.67. The van der Waals surface area contributed by atoms with Gasteiger partial charge < -0.3 is 0 Å². The minimum absolute atomic E-state index is 0.236. The quantitative estimate of drug-likeness (QED) is 0.652. The number of benzene rings is 3. The highest BCUT2D eigenvalue weighted by Crippen LogP contribution is 2.20. The average Bonchev–Trinajstić information content (AvgIpc) is 2.63. The zero-order valence-electron chi connectivity index (χ0n) is 13.9. The molecular weight excluding hydrogens is 350 g/mol. The summed E-state index contributed by atoms with van der Waals surface area (Å²) in [5.74, 6) is 0.565. The van der Waals surface area contributed by atoms with Gasteiger partial charge in [-0.1, -0.05) is 66.2 Å². The molecular formula is C20H19NO2S2. The van der Waals surface area contributed by atoms with E-state index in [2.05, 4.69) is 3.77 Å². The van der Waals surface area contributed by atoms with Crippen LogP contribution in [-0.2, 0) is 26.5 Å². The molecule has 3 aromatic rings. The van der Waals surface area contributed by atoms with E-state index in [1.54, 1.807) is 24.3 Å². The van der Waals surface area contributed by atoms with Gasteiger partial charge in [0.2, 0.25) is 0 Å². The van der Waals surface area contributed by atoms with Crippen molar-refractivity contribution in [1.29, 1.82) is 0 Å². The molecule has 128 valence electrons. The van der Waals surface area contributed by atoms with Crippen molar-refractivity contribution in [3.05, 3.63) is 96.1 Å². The lowest BCUT2D eigenvalue weighted by Gasteiger charge is -2.09. The molecule has 0 aliphatic heterocycles. The first-order chi connectivity index (χ1) is 12.0. The van der Waals surface area contributed by atoms with E-state index in [9.17, 15) is 8.42 Å². The Labute approximate surface area is 151 Å². The highest BCUT2D eigenvalue weighted by Gasteiger charge is 2.15. The Morgan fingerprint density at radius 3 is 1.96 bits per heavy atom. The van der Waals surface area contributed by atoms with E-state index in [4.69, 9.17) is 0 Å². The lowest BCUT2D eigenvalue weighted by Crippen LogP contribution is -2.03. The van der Waals surface area contributed by atoms with Crippen molar-refractivity contribution >= 4 is 20.7 Å². The second-order valence-corrected chi connectivity index (χ2v) is 9.18. The second-order valence-electron chi connectivity index (χ2n) is 5.67. The van der Waals surface area contributed by atoms with Crippen LogP contribution < -0.4 is 0 Å². The maximum Gasteiger partial charge on any atom is 0.288 e. The lowest BCUT2D eigenvalue weighted by molar-refractivity contribution is 0.598. The third-order valence-corrected chi connectivity index (χ3v) is 7.46. The molecule has 0 aromatic heterocycles. The molecule has 3 rings (SSSR count). The summed E-state index contributed by atoms with van der Waals surface area (Å²) in [6.45, 7) is 1.93. The van der Waals surface area contributed by atoms with Gasteiger partial charge in [-0.15, -0.1) is 3.77 Å². The number of sulfonamides is 1. The highest BCUT2D eigenvalue weighted by molar-refractivity contribution is 7.99. The van der Waals surface area contributed by atoms with E-state index in [0.717, 1.165) is 16.0 Å². The van der Waals surface area contributed by atoms with Gasteiger partial charge in [-0.05, 0) is 47.4 Å². The lowest BCUT2D eigenvalue weighted by atomic mass is 10.2. The molecule has 0 saturated carbocycles. The fourth-order valence-corrected chi connectivity index (χ4v) is 5.81. The second kappa shape index (κ2) is 7.76. The molecule has 1 atom stereocenters. The Morgan fingerprint density at radius 1 is 0.800 bits per heavy atom. The van der Waals surface area contributed by atoms with Crippen LogP contribution in [0.4, 0.5) is 0 Å². The molecule has 0 heterocycles. The predicted octanol–water partition coefficient (Wildman–Crippen LogP) is 4.74. The summed E-state index contributed by atoms with van der Waals surface area (Å²) in [5, 5.41) is 0. The summed E-state index contributed by atoms with van der Waals surface area (Å²) in [5.41, 5.74) is 2.09. The van der Waals surface area contributed by atoms with E-state index in [-0.39, 0.29) is 4.90 Å². The van der Waals surface area contributed by atoms with Crippen LogP contribution in [0, 0.1) is 6.92 Å². The van der Waals surface area contributed by atoms with E-state index >= 15 is 0 Å². The van der Waals surface area contributed by atoms with Crippen molar-refractivity contribution in [3.8, 4) is 0 Å². The van der Waals surface area contributed by atoms with Crippen LogP contribution in [0.5, 0.6) is 0 Å². The van der Waals surface area contributed by atoms with Crippen LogP contribution >= 0.6 is 0 Å². The molecule has 0 unspecified atom stereocenters. The standard InChI is InChI=1S/C20H19NO2S2/c1-17-12-14-20(15-13-17)25(22,23)21-24(19-10-6-3-7-11-19)16-18-8-4-2-5-9-18/h2-15H,16H2,1H3/t24-/m1/s1. The first-order valence-corrected chi connectivity index (χ1v) is 10.7. The summed E-state index contributed by atoms with van der Waals surface area (Å²) in [7, 11) is -4.48. The summed E-state index contributed by atoms with van der Waals surface area (Å²) in [6.07, 6.45) is 0. The Kier molecular flexibility index (Phi) is 5.46. The number of aryl methyl sites for hydroxylation is 1. The molecule has 3 nitrogen and oxygen atoms in total. The fourth-order valence-electron chi connectivity index (χ4n) is 2.33. The average molecular weight is 370 g/mol. The van der Waals surface area contributed by atoms with Crippen LogP contribution in [0.3, 0.4) is 0 Å². The Balaban J connectivity index is 2.04. The van der Waals surface area contributed by atoms with Crippen molar-refractivity contribution in [3.63, 3.8) is 0 Å². The number of hydrogen-bond donors (Lipinski definition) is 0. The molecule has 0 radical (unpaired) electrons. The van der Waals surface area contributed by atoms with E-state index < -0.39 is 20.7 Å². The van der Waals surface area contributed by atoms with E-state index in [0.29, 0.717) is 5.75 Å². The van der Waals surface area contributed by atoms with Crippen molar-refractivity contribution in [2.45, 2.75) is 22.5 Å². The van der Waals surface area contributed by atoms with E-state index in [1.807, 2.05) is 67.6 Å². The Morgan fingerprint density at radius 2 is 1.36 bits per heavy atom. The molecule has 0 N–H and O–H groups in total. The highest BCUT2D eigenvalue weighted by atomic mass is 32.3. The molecule has 0 aliphatic carbocycles. The predicted molar refractivity (Wildman–Crippen MR) is 103 cm³/mol. The van der Waals surface area contributed by atoms with Gasteiger partial charge in [0.1, 0.15) is 0 Å². The summed E-state index contributed by atoms with van der Waals surface area (Å²) in [6, 6.07) is 26.3. The van der Waals surface area contributed by atoms with Crippen LogP contribution in [0.25, 0.3) is 0 Å². The number of rotatable bonds is 5. The zero-order chi connectivity index (χ0) is 17.7. The maximum absolute atomic E-state index is 12.8. The minimum atomic E-state index is -3.71. The van der Waals surface area contributed by atoms with Gasteiger partial charge in [-0.25, -0.2) is 0 Å². The molecule has 25 heavy (non-hydrogen) atoms. The molecule has 0 amide bonds. The van der Waals surface area contributed by atoms with Crippen LogP contribution in [-0.4, -0.2) is 8.42 Å². The summed E-state index contributed by atoms with van der Waals surface area (Å²) >= 11 is 0. The van der Waals surface area contributed by atoms with Crippen molar-refractivity contribution < 1.29 is 8.42 Å². The number of hydrogen-bond acceptors (Lipinski definition) is 2. The molecule has 0 fully saturated rings. The van der Waals surface area contributed by atoms with Crippen molar-refractivity contribution in [1.82, 2.24) is 0 Å². The smallest absolute Gasteiger partial charge is 0.199 e. The molecule has 0 saturated heterocycles. The SMILES string of the molecule is Cc1ccc(S(=O)(=O)N=[S@](Cc2ccccc2)c2ccccc2)cc1. The molecule has 0 spiro atoms. The van der Waals surface area contributed by atoms with Gasteiger partial charge in [-0.2, -0.15) is 8.42 Å². The first kappa shape index (κ1) is 17.6. The van der Waals surface area contributed by atoms with Gasteiger partial charge in [0.25, 0.3) is 10.0 Å². The van der Waals surface area contributed by atoms with Crippen LogP contribution in [0.15, 0.2) is 98.5 Å². The minimum Gasteiger partial charge on any atom is -0.199 e. The van der Waals surface area contributed by atoms with Crippen LogP contribution in [0.1, 0.15) is 11.1 Å². The maximum atomic E-state index is 12.8. The number of nitrogens with zero attached hydrogens (tertiary/aromatic N) is 1. The third kappa shape index (κ3) is 4.65. The van der Waals surface area contributed by atoms with E-state index in [1.165, 1.54) is 0 Å². The summed E-state index contributed by atoms with van der Waals surface area (Å²) in [4.78, 5) is 1.15. The Hall–Kier alpha value is -2.24. The van der Waals surface area contributed by atoms with Crippen molar-refractivity contribution in [2.24, 2.45) is 3.77 Å². The Bertz CT molecular complexity index is 965. The molecule has 5 heteroatoms. The van der Waals surface area contributed by atoms with Gasteiger partial charge in [0.15, 0.2) is 0 Å². The topological polar surface area (TPSA) is 46.5 Å². The van der Waals surface area contributed by atoms with Gasteiger partial charge in [0, 0.05) is 10.6 Å². The van der Waals surface area contributed by atoms with Gasteiger partial charge in [0.05, 0.1) is 4.90 Å². The molecule has 0 aliphatic rings. The molecule has 0 bridgehead atoms. The first-order valence-electron chi connectivity index (χ1n) is 7.89.